The zero-order valence-corrected chi connectivity index (χ0v) is 10.7. The first kappa shape index (κ1) is 13.7. The minimum atomic E-state index is -3.48. The maximum atomic E-state index is 11.5. The Hall–Kier alpha value is -1.34. The van der Waals surface area contributed by atoms with Gasteiger partial charge >= 0.3 is 0 Å². The molecule has 0 atom stereocenters. The van der Waals surface area contributed by atoms with E-state index in [4.69, 9.17) is 11.6 Å². The number of halogens is 1. The van der Waals surface area contributed by atoms with Gasteiger partial charge < -0.3 is 0 Å². The largest absolute Gasteiger partial charge is 0.288 e. The Labute approximate surface area is 104 Å². The second-order valence-corrected chi connectivity index (χ2v) is 6.26. The Kier molecular flexibility index (Phi) is 3.94. The molecule has 0 bridgehead atoms. The summed E-state index contributed by atoms with van der Waals surface area (Å²) in [6.07, 6.45) is 0. The first-order valence-corrected chi connectivity index (χ1v) is 6.62. The molecule has 0 amide bonds. The van der Waals surface area contributed by atoms with Gasteiger partial charge in [0.05, 0.1) is 15.9 Å². The van der Waals surface area contributed by atoms with E-state index in [0.717, 1.165) is 6.07 Å². The molecular formula is C9H11ClN2O4S. The van der Waals surface area contributed by atoms with E-state index in [-0.39, 0.29) is 16.4 Å². The lowest BCUT2D eigenvalue weighted by atomic mass is 10.3. The third-order valence-corrected chi connectivity index (χ3v) is 4.09. The lowest BCUT2D eigenvalue weighted by Gasteiger charge is -2.10. The fourth-order valence-corrected chi connectivity index (χ4v) is 1.94. The molecule has 0 heterocycles. The zero-order valence-electron chi connectivity index (χ0n) is 9.18. The quantitative estimate of drug-likeness (QED) is 0.676. The molecule has 1 N–H and O–H groups in total. The van der Waals surface area contributed by atoms with Gasteiger partial charge in [0.25, 0.3) is 5.69 Å². The minimum Gasteiger partial charge on any atom is -0.283 e. The molecule has 0 aliphatic rings. The van der Waals surface area contributed by atoms with Crippen molar-refractivity contribution in [2.75, 3.05) is 4.72 Å². The van der Waals surface area contributed by atoms with E-state index in [1.165, 1.54) is 26.0 Å². The summed E-state index contributed by atoms with van der Waals surface area (Å²) in [5.74, 6) is 0. The molecule has 0 unspecified atom stereocenters. The van der Waals surface area contributed by atoms with Crippen LogP contribution in [0.25, 0.3) is 0 Å². The highest BCUT2D eigenvalue weighted by molar-refractivity contribution is 7.93. The molecule has 94 valence electrons. The molecule has 0 aromatic heterocycles. The molecule has 0 saturated heterocycles. The van der Waals surface area contributed by atoms with Crippen LogP contribution in [-0.2, 0) is 10.0 Å². The van der Waals surface area contributed by atoms with Crippen molar-refractivity contribution in [2.24, 2.45) is 0 Å². The number of nitro groups is 1. The molecule has 0 aliphatic heterocycles. The lowest BCUT2D eigenvalue weighted by Crippen LogP contribution is -2.22. The second-order valence-electron chi connectivity index (χ2n) is 3.62. The number of nitrogens with one attached hydrogen (secondary N) is 1. The lowest BCUT2D eigenvalue weighted by molar-refractivity contribution is -0.384. The number of hydrogen-bond donors (Lipinski definition) is 1. The fraction of sp³-hybridized carbons (Fsp3) is 0.333. The number of benzene rings is 1. The molecular weight excluding hydrogens is 268 g/mol. The minimum absolute atomic E-state index is 0.112. The molecule has 17 heavy (non-hydrogen) atoms. The smallest absolute Gasteiger partial charge is 0.283 e. The van der Waals surface area contributed by atoms with Gasteiger partial charge in [-0.1, -0.05) is 11.6 Å². The Morgan fingerprint density at radius 2 is 2.00 bits per heavy atom. The van der Waals surface area contributed by atoms with Crippen LogP contribution in [0.15, 0.2) is 18.2 Å². The van der Waals surface area contributed by atoms with Gasteiger partial charge in [-0.25, -0.2) is 8.42 Å². The zero-order chi connectivity index (χ0) is 13.2. The number of anilines is 1. The van der Waals surface area contributed by atoms with Crippen molar-refractivity contribution in [3.63, 3.8) is 0 Å². The average molecular weight is 279 g/mol. The molecule has 6 nitrogen and oxygen atoms in total. The molecule has 0 saturated carbocycles. The van der Waals surface area contributed by atoms with E-state index in [9.17, 15) is 18.5 Å². The van der Waals surface area contributed by atoms with Crippen molar-refractivity contribution in [1.29, 1.82) is 0 Å². The summed E-state index contributed by atoms with van der Waals surface area (Å²) in [6.45, 7) is 3.05. The van der Waals surface area contributed by atoms with Crippen molar-refractivity contribution in [1.82, 2.24) is 0 Å². The van der Waals surface area contributed by atoms with Crippen LogP contribution < -0.4 is 4.72 Å². The van der Waals surface area contributed by atoms with Gasteiger partial charge in [-0.2, -0.15) is 0 Å². The maximum absolute atomic E-state index is 11.5. The van der Waals surface area contributed by atoms with Gasteiger partial charge in [0.1, 0.15) is 5.02 Å². The Balaban J connectivity index is 3.04. The normalized spacial score (nSPS) is 11.5. The average Bonchev–Trinajstić information content (AvgIpc) is 2.15. The molecule has 0 radical (unpaired) electrons. The highest BCUT2D eigenvalue weighted by Gasteiger charge is 2.18. The van der Waals surface area contributed by atoms with Crippen LogP contribution in [0.3, 0.4) is 0 Å². The van der Waals surface area contributed by atoms with Crippen LogP contribution in [0.4, 0.5) is 11.4 Å². The van der Waals surface area contributed by atoms with Crippen LogP contribution >= 0.6 is 11.6 Å². The van der Waals surface area contributed by atoms with E-state index >= 15 is 0 Å². The number of rotatable bonds is 4. The summed E-state index contributed by atoms with van der Waals surface area (Å²) in [5, 5.41) is 9.80. The monoisotopic (exact) mass is 278 g/mol. The summed E-state index contributed by atoms with van der Waals surface area (Å²) in [5.41, 5.74) is -0.0616. The fourth-order valence-electron chi connectivity index (χ4n) is 1.00. The molecule has 1 aromatic carbocycles. The molecule has 1 aromatic rings. The van der Waals surface area contributed by atoms with Gasteiger partial charge in [0.2, 0.25) is 10.0 Å². The van der Waals surface area contributed by atoms with Gasteiger partial charge in [-0.15, -0.1) is 0 Å². The summed E-state index contributed by atoms with van der Waals surface area (Å²) in [4.78, 5) is 9.87. The van der Waals surface area contributed by atoms with E-state index < -0.39 is 20.2 Å². The Bertz CT molecular complexity index is 542. The highest BCUT2D eigenvalue weighted by Crippen LogP contribution is 2.27. The van der Waals surface area contributed by atoms with Crippen molar-refractivity contribution in [3.05, 3.63) is 33.3 Å². The first-order valence-electron chi connectivity index (χ1n) is 4.69. The van der Waals surface area contributed by atoms with Crippen LogP contribution in [0.2, 0.25) is 5.02 Å². The summed E-state index contributed by atoms with van der Waals surface area (Å²) in [6, 6.07) is 3.66. The van der Waals surface area contributed by atoms with Crippen LogP contribution in [0.1, 0.15) is 13.8 Å². The number of sulfonamides is 1. The number of nitrogens with zero attached hydrogens (tertiary/aromatic N) is 1. The van der Waals surface area contributed by atoms with Crippen molar-refractivity contribution in [2.45, 2.75) is 19.1 Å². The van der Waals surface area contributed by atoms with Crippen molar-refractivity contribution >= 4 is 33.0 Å². The van der Waals surface area contributed by atoms with E-state index in [2.05, 4.69) is 4.72 Å². The van der Waals surface area contributed by atoms with Crippen molar-refractivity contribution < 1.29 is 13.3 Å². The molecule has 0 fully saturated rings. The third kappa shape index (κ3) is 3.31. The summed E-state index contributed by atoms with van der Waals surface area (Å²) in [7, 11) is -3.48. The second kappa shape index (κ2) is 4.89. The third-order valence-electron chi connectivity index (χ3n) is 2.03. The van der Waals surface area contributed by atoms with Gasteiger partial charge in [0, 0.05) is 6.07 Å². The molecule has 1 rings (SSSR count). The van der Waals surface area contributed by atoms with E-state index in [1.54, 1.807) is 0 Å². The predicted molar refractivity (Wildman–Crippen MR) is 65.8 cm³/mol. The van der Waals surface area contributed by atoms with Crippen LogP contribution in [-0.4, -0.2) is 18.6 Å². The molecule has 0 spiro atoms. The van der Waals surface area contributed by atoms with E-state index in [1.807, 2.05) is 0 Å². The highest BCUT2D eigenvalue weighted by atomic mass is 35.5. The van der Waals surface area contributed by atoms with Crippen LogP contribution in [0, 0.1) is 10.1 Å². The Morgan fingerprint density at radius 1 is 1.41 bits per heavy atom. The number of nitro benzene ring substituents is 1. The first-order chi connectivity index (χ1) is 7.74. The van der Waals surface area contributed by atoms with Gasteiger partial charge in [-0.05, 0) is 26.0 Å². The van der Waals surface area contributed by atoms with Gasteiger partial charge in [0.15, 0.2) is 0 Å². The SMILES string of the molecule is CC(C)S(=O)(=O)Nc1ccc([N+](=O)[O-])c(Cl)c1. The molecule has 8 heteroatoms. The standard InChI is InChI=1S/C9H11ClN2O4S/c1-6(2)17(15,16)11-7-3-4-9(12(13)14)8(10)5-7/h3-6,11H,1-2H3. The van der Waals surface area contributed by atoms with Crippen LogP contribution in [0.5, 0.6) is 0 Å². The van der Waals surface area contributed by atoms with Gasteiger partial charge in [-0.3, -0.25) is 14.8 Å². The topological polar surface area (TPSA) is 89.3 Å². The predicted octanol–water partition coefficient (Wildman–Crippen LogP) is 2.40. The Morgan fingerprint density at radius 3 is 2.41 bits per heavy atom. The number of hydrogen-bond acceptors (Lipinski definition) is 4. The van der Waals surface area contributed by atoms with E-state index in [0.29, 0.717) is 0 Å². The molecule has 0 aliphatic carbocycles. The summed E-state index contributed by atoms with van der Waals surface area (Å²) < 4.78 is 25.4. The van der Waals surface area contributed by atoms with Crippen molar-refractivity contribution in [3.8, 4) is 0 Å². The summed E-state index contributed by atoms with van der Waals surface area (Å²) >= 11 is 5.66. The maximum Gasteiger partial charge on any atom is 0.288 e.